The Morgan fingerprint density at radius 3 is 1.96 bits per heavy atom. The SMILES string of the molecule is CC[C@H](C)C(NC(=O)[C@H](CC(C)C)NC(=O)OCc1ccccc1)C(=O)C(=O)N[C@@H](CCC(N)=O)C(=O)N[C@@H](Cc1ccc2ccccc2c1)C(N)=O. The highest BCUT2D eigenvalue weighted by Gasteiger charge is 2.36. The summed E-state index contributed by atoms with van der Waals surface area (Å²) in [4.78, 5) is 90.9. The van der Waals surface area contributed by atoms with Gasteiger partial charge in [0.2, 0.25) is 29.4 Å². The highest BCUT2D eigenvalue weighted by atomic mass is 16.5. The number of nitrogens with two attached hydrogens (primary N) is 2. The van der Waals surface area contributed by atoms with Crippen molar-refractivity contribution in [2.24, 2.45) is 23.3 Å². The molecule has 0 aliphatic carbocycles. The van der Waals surface area contributed by atoms with Gasteiger partial charge in [0.15, 0.2) is 0 Å². The van der Waals surface area contributed by atoms with Gasteiger partial charge < -0.3 is 37.5 Å². The normalized spacial score (nSPS) is 13.8. The number of carbonyl (C=O) groups is 7. The predicted molar refractivity (Wildman–Crippen MR) is 199 cm³/mol. The smallest absolute Gasteiger partial charge is 0.408 e. The minimum atomic E-state index is -1.46. The van der Waals surface area contributed by atoms with Crippen molar-refractivity contribution in [3.63, 3.8) is 0 Å². The van der Waals surface area contributed by atoms with Gasteiger partial charge in [0, 0.05) is 12.8 Å². The number of rotatable bonds is 20. The summed E-state index contributed by atoms with van der Waals surface area (Å²) >= 11 is 0. The zero-order valence-electron chi connectivity index (χ0n) is 30.6. The van der Waals surface area contributed by atoms with Crippen LogP contribution >= 0.6 is 0 Å². The second-order valence-electron chi connectivity index (χ2n) is 13.5. The van der Waals surface area contributed by atoms with E-state index < -0.39 is 71.5 Å². The lowest BCUT2D eigenvalue weighted by Gasteiger charge is -2.27. The van der Waals surface area contributed by atoms with E-state index in [0.29, 0.717) is 12.0 Å². The fraction of sp³-hybridized carbons (Fsp3) is 0.410. The molecule has 0 aromatic heterocycles. The van der Waals surface area contributed by atoms with Gasteiger partial charge in [0.05, 0.1) is 6.04 Å². The summed E-state index contributed by atoms with van der Waals surface area (Å²) < 4.78 is 5.29. The van der Waals surface area contributed by atoms with Crippen molar-refractivity contribution in [3.8, 4) is 0 Å². The molecule has 14 heteroatoms. The van der Waals surface area contributed by atoms with E-state index in [1.807, 2.05) is 56.3 Å². The standard InChI is InChI=1S/C39H50N6O8/c1-5-24(4)33(45-37(50)31(19-23(2)3)44-39(52)53-22-25-11-7-6-8-12-25)34(47)38(51)42-29(17-18-32(40)46)36(49)43-30(35(41)48)21-26-15-16-27-13-9-10-14-28(27)20-26/h6-16,20,23-24,29-31,33H,5,17-19,21-22H2,1-4H3,(H2,40,46)(H2,41,48)(H,42,51)(H,43,49)(H,44,52)(H,45,50)/t24-,29-,30-,31-,33?/m0/s1. The molecule has 14 nitrogen and oxygen atoms in total. The van der Waals surface area contributed by atoms with Gasteiger partial charge in [0.1, 0.15) is 24.7 Å². The first-order chi connectivity index (χ1) is 25.2. The van der Waals surface area contributed by atoms with Crippen molar-refractivity contribution < 1.29 is 38.3 Å². The van der Waals surface area contributed by atoms with Crippen molar-refractivity contribution in [3.05, 3.63) is 83.9 Å². The molecule has 0 aliphatic heterocycles. The van der Waals surface area contributed by atoms with Crippen LogP contribution in [0.1, 0.15) is 64.5 Å². The summed E-state index contributed by atoms with van der Waals surface area (Å²) in [6.45, 7) is 7.11. The van der Waals surface area contributed by atoms with Gasteiger partial charge in [-0.05, 0) is 46.6 Å². The molecule has 3 aromatic carbocycles. The molecule has 0 saturated carbocycles. The zero-order chi connectivity index (χ0) is 39.1. The van der Waals surface area contributed by atoms with E-state index in [1.165, 1.54) is 0 Å². The van der Waals surface area contributed by atoms with E-state index in [9.17, 15) is 33.6 Å². The quantitative estimate of drug-likeness (QED) is 0.0945. The molecule has 0 spiro atoms. The lowest BCUT2D eigenvalue weighted by Crippen LogP contribution is -2.58. The molecular weight excluding hydrogens is 680 g/mol. The topological polar surface area (TPSA) is 229 Å². The molecule has 0 bridgehead atoms. The van der Waals surface area contributed by atoms with Crippen LogP contribution in [0, 0.1) is 11.8 Å². The molecule has 0 fully saturated rings. The van der Waals surface area contributed by atoms with Crippen molar-refractivity contribution in [1.82, 2.24) is 21.3 Å². The summed E-state index contributed by atoms with van der Waals surface area (Å²) in [6, 6.07) is 17.0. The maximum atomic E-state index is 13.6. The second kappa shape index (κ2) is 20.3. The van der Waals surface area contributed by atoms with Gasteiger partial charge in [-0.25, -0.2) is 4.79 Å². The first-order valence-electron chi connectivity index (χ1n) is 17.7. The number of fused-ring (bicyclic) bond motifs is 1. The number of carbonyl (C=O) groups excluding carboxylic acids is 7. The van der Waals surface area contributed by atoms with Crippen LogP contribution in [-0.2, 0) is 46.5 Å². The Bertz CT molecular complexity index is 1760. The number of primary amides is 2. The number of ketones is 1. The van der Waals surface area contributed by atoms with Crippen LogP contribution < -0.4 is 32.7 Å². The molecule has 6 amide bonds. The van der Waals surface area contributed by atoms with E-state index in [4.69, 9.17) is 16.2 Å². The van der Waals surface area contributed by atoms with Crippen LogP contribution in [0.2, 0.25) is 0 Å². The molecule has 5 atom stereocenters. The van der Waals surface area contributed by atoms with Crippen LogP contribution in [0.15, 0.2) is 72.8 Å². The Kier molecular flexibility index (Phi) is 15.9. The number of amides is 6. The van der Waals surface area contributed by atoms with E-state index >= 15 is 0 Å². The number of Topliss-reactive ketones (excluding diaryl/α,β-unsaturated/α-hetero) is 1. The number of nitrogens with one attached hydrogen (secondary N) is 4. The Morgan fingerprint density at radius 2 is 1.34 bits per heavy atom. The third-order valence-corrected chi connectivity index (χ3v) is 8.76. The molecular formula is C39H50N6O8. The van der Waals surface area contributed by atoms with Crippen molar-refractivity contribution >= 4 is 52.2 Å². The van der Waals surface area contributed by atoms with Gasteiger partial charge in [-0.15, -0.1) is 0 Å². The average molecular weight is 731 g/mol. The predicted octanol–water partition coefficient (Wildman–Crippen LogP) is 2.54. The minimum absolute atomic E-state index is 0.0229. The molecule has 0 radical (unpaired) electrons. The first kappa shape index (κ1) is 41.6. The fourth-order valence-corrected chi connectivity index (χ4v) is 5.59. The maximum absolute atomic E-state index is 13.6. The van der Waals surface area contributed by atoms with Crippen LogP contribution in [0.5, 0.6) is 0 Å². The first-order valence-corrected chi connectivity index (χ1v) is 17.7. The van der Waals surface area contributed by atoms with Crippen LogP contribution in [0.3, 0.4) is 0 Å². The zero-order valence-corrected chi connectivity index (χ0v) is 30.6. The van der Waals surface area contributed by atoms with Gasteiger partial charge >= 0.3 is 6.09 Å². The fourth-order valence-electron chi connectivity index (χ4n) is 5.59. The largest absolute Gasteiger partial charge is 0.445 e. The summed E-state index contributed by atoms with van der Waals surface area (Å²) in [6.07, 6.45) is -0.825. The van der Waals surface area contributed by atoms with E-state index in [0.717, 1.165) is 16.3 Å². The summed E-state index contributed by atoms with van der Waals surface area (Å²) in [5, 5.41) is 12.0. The Hall–Kier alpha value is -5.79. The van der Waals surface area contributed by atoms with Crippen molar-refractivity contribution in [1.29, 1.82) is 0 Å². The molecule has 8 N–H and O–H groups in total. The van der Waals surface area contributed by atoms with E-state index in [-0.39, 0.29) is 38.2 Å². The Labute approximate surface area is 309 Å². The maximum Gasteiger partial charge on any atom is 0.408 e. The van der Waals surface area contributed by atoms with Crippen LogP contribution in [0.25, 0.3) is 10.8 Å². The molecule has 0 saturated heterocycles. The summed E-state index contributed by atoms with van der Waals surface area (Å²) in [7, 11) is 0. The number of ether oxygens (including phenoxy) is 1. The Morgan fingerprint density at radius 1 is 0.698 bits per heavy atom. The molecule has 3 rings (SSSR count). The van der Waals surface area contributed by atoms with Crippen LogP contribution in [-0.4, -0.2) is 65.6 Å². The van der Waals surface area contributed by atoms with Crippen LogP contribution in [0.4, 0.5) is 4.79 Å². The minimum Gasteiger partial charge on any atom is -0.445 e. The third kappa shape index (κ3) is 13.4. The van der Waals surface area contributed by atoms with Gasteiger partial charge in [0.25, 0.3) is 5.91 Å². The highest BCUT2D eigenvalue weighted by molar-refractivity contribution is 6.39. The van der Waals surface area contributed by atoms with E-state index in [1.54, 1.807) is 44.2 Å². The third-order valence-electron chi connectivity index (χ3n) is 8.76. The van der Waals surface area contributed by atoms with Gasteiger partial charge in [-0.1, -0.05) is 107 Å². The second-order valence-corrected chi connectivity index (χ2v) is 13.5. The molecule has 53 heavy (non-hydrogen) atoms. The number of benzene rings is 3. The van der Waals surface area contributed by atoms with Gasteiger partial charge in [-0.3, -0.25) is 28.8 Å². The lowest BCUT2D eigenvalue weighted by atomic mass is 9.93. The van der Waals surface area contributed by atoms with E-state index in [2.05, 4.69) is 21.3 Å². The van der Waals surface area contributed by atoms with Crippen molar-refractivity contribution in [2.45, 2.75) is 90.6 Å². The summed E-state index contributed by atoms with van der Waals surface area (Å²) in [5.41, 5.74) is 12.4. The van der Waals surface area contributed by atoms with Gasteiger partial charge in [-0.2, -0.15) is 0 Å². The molecule has 284 valence electrons. The Balaban J connectivity index is 1.74. The number of hydrogen-bond donors (Lipinski definition) is 6. The number of hydrogen-bond acceptors (Lipinski definition) is 8. The molecule has 0 heterocycles. The molecule has 3 aromatic rings. The molecule has 0 aliphatic rings. The monoisotopic (exact) mass is 730 g/mol. The molecule has 1 unspecified atom stereocenters. The lowest BCUT2D eigenvalue weighted by molar-refractivity contribution is -0.142. The highest BCUT2D eigenvalue weighted by Crippen LogP contribution is 2.17. The summed E-state index contributed by atoms with van der Waals surface area (Å²) in [5.74, 6) is -6.02. The average Bonchev–Trinajstić information content (AvgIpc) is 3.13. The van der Waals surface area contributed by atoms with Crippen molar-refractivity contribution in [2.75, 3.05) is 0 Å². The number of alkyl carbamates (subject to hydrolysis) is 1.